The molecule has 2 heterocycles. The van der Waals surface area contributed by atoms with E-state index in [0.29, 0.717) is 5.75 Å². The van der Waals surface area contributed by atoms with Crippen LogP contribution >= 0.6 is 0 Å². The normalized spacial score (nSPS) is 30.6. The molecule has 0 amide bonds. The zero-order valence-corrected chi connectivity index (χ0v) is 9.10. The van der Waals surface area contributed by atoms with Crippen molar-refractivity contribution in [3.63, 3.8) is 0 Å². The molecule has 84 valence electrons. The first-order chi connectivity index (χ1) is 7.77. The van der Waals surface area contributed by atoms with Gasteiger partial charge < -0.3 is 14.2 Å². The third-order valence-electron chi connectivity index (χ3n) is 3.24. The number of methoxy groups -OCH3 is 2. The number of carbonyl (C=O) groups excluding carboxylic acids is 1. The predicted octanol–water partition coefficient (Wildman–Crippen LogP) is 1.41. The summed E-state index contributed by atoms with van der Waals surface area (Å²) in [5, 5.41) is 0. The van der Waals surface area contributed by atoms with Gasteiger partial charge in [-0.2, -0.15) is 0 Å². The largest absolute Gasteiger partial charge is 0.496 e. The van der Waals surface area contributed by atoms with Crippen LogP contribution in [0, 0.1) is 0 Å². The predicted molar refractivity (Wildman–Crippen MR) is 55.4 cm³/mol. The molecular formula is C12H12O4. The molecule has 3 atom stereocenters. The van der Waals surface area contributed by atoms with Gasteiger partial charge in [0.25, 0.3) is 0 Å². The highest BCUT2D eigenvalue weighted by Gasteiger charge is 2.53. The van der Waals surface area contributed by atoms with Gasteiger partial charge >= 0.3 is 0 Å². The zero-order valence-electron chi connectivity index (χ0n) is 9.10. The molecule has 2 aliphatic heterocycles. The Morgan fingerprint density at radius 2 is 2.12 bits per heavy atom. The van der Waals surface area contributed by atoms with E-state index in [2.05, 4.69) is 0 Å². The Bertz CT molecular complexity index is 454. The number of fused-ring (bicyclic) bond motifs is 5. The summed E-state index contributed by atoms with van der Waals surface area (Å²) in [6.07, 6.45) is -1.25. The van der Waals surface area contributed by atoms with Gasteiger partial charge in [-0.05, 0) is 11.6 Å². The number of Topliss-reactive ketones (excluding diaryl/α,β-unsaturated/α-hetero) is 1. The molecule has 1 aromatic rings. The Kier molecular flexibility index (Phi) is 2.02. The van der Waals surface area contributed by atoms with Crippen molar-refractivity contribution in [2.45, 2.75) is 18.3 Å². The minimum atomic E-state index is -0.513. The van der Waals surface area contributed by atoms with Gasteiger partial charge in [-0.15, -0.1) is 0 Å². The van der Waals surface area contributed by atoms with Crippen molar-refractivity contribution < 1.29 is 19.0 Å². The summed E-state index contributed by atoms with van der Waals surface area (Å²) in [7, 11) is 3.13. The molecule has 3 rings (SSSR count). The number of carbonyl (C=O) groups is 1. The molecule has 2 bridgehead atoms. The number of ketones is 1. The number of benzene rings is 1. The molecule has 0 aliphatic carbocycles. The lowest BCUT2D eigenvalue weighted by Crippen LogP contribution is -2.28. The van der Waals surface area contributed by atoms with E-state index in [1.807, 2.05) is 18.2 Å². The highest BCUT2D eigenvalue weighted by Crippen LogP contribution is 2.52. The first-order valence-electron chi connectivity index (χ1n) is 5.16. The topological polar surface area (TPSA) is 44.8 Å². The number of ether oxygens (including phenoxy) is 3. The molecule has 2 aliphatic rings. The third-order valence-corrected chi connectivity index (χ3v) is 3.24. The van der Waals surface area contributed by atoms with Crippen LogP contribution in [0.2, 0.25) is 0 Å². The standard InChI is InChI=1S/C12H12O4/c1-14-7-5-3-4-6-8(7)11-9(13)12(15-2)10(6)16-11/h3-5,10-12H,1-2H3/t10-,11+,12-/m0/s1. The van der Waals surface area contributed by atoms with Gasteiger partial charge in [-0.25, -0.2) is 0 Å². The molecule has 1 fully saturated rings. The lowest BCUT2D eigenvalue weighted by Gasteiger charge is -2.20. The molecule has 0 N–H and O–H groups in total. The Morgan fingerprint density at radius 1 is 1.31 bits per heavy atom. The highest BCUT2D eigenvalue weighted by molar-refractivity contribution is 5.94. The van der Waals surface area contributed by atoms with E-state index >= 15 is 0 Å². The van der Waals surface area contributed by atoms with Crippen LogP contribution in [-0.4, -0.2) is 26.1 Å². The summed E-state index contributed by atoms with van der Waals surface area (Å²) in [5.74, 6) is 0.706. The quantitative estimate of drug-likeness (QED) is 0.755. The number of rotatable bonds is 2. The summed E-state index contributed by atoms with van der Waals surface area (Å²) < 4.78 is 16.1. The smallest absolute Gasteiger partial charge is 0.197 e. The lowest BCUT2D eigenvalue weighted by molar-refractivity contribution is -0.128. The van der Waals surface area contributed by atoms with Crippen LogP contribution in [0.4, 0.5) is 0 Å². The highest BCUT2D eigenvalue weighted by atomic mass is 16.6. The molecule has 0 unspecified atom stereocenters. The maximum atomic E-state index is 11.9. The minimum Gasteiger partial charge on any atom is -0.496 e. The zero-order chi connectivity index (χ0) is 11.3. The van der Waals surface area contributed by atoms with E-state index in [-0.39, 0.29) is 11.9 Å². The molecule has 4 nitrogen and oxygen atoms in total. The Morgan fingerprint density at radius 3 is 2.81 bits per heavy atom. The summed E-state index contributed by atoms with van der Waals surface area (Å²) in [4.78, 5) is 11.9. The van der Waals surface area contributed by atoms with Crippen LogP contribution in [0.1, 0.15) is 23.3 Å². The van der Waals surface area contributed by atoms with Gasteiger partial charge in [0.15, 0.2) is 5.78 Å². The molecule has 0 saturated carbocycles. The van der Waals surface area contributed by atoms with Crippen molar-refractivity contribution >= 4 is 5.78 Å². The fourth-order valence-corrected chi connectivity index (χ4v) is 2.54. The maximum absolute atomic E-state index is 11.9. The summed E-state index contributed by atoms with van der Waals surface area (Å²) in [6.45, 7) is 0. The van der Waals surface area contributed by atoms with E-state index in [0.717, 1.165) is 11.1 Å². The van der Waals surface area contributed by atoms with Crippen LogP contribution in [0.3, 0.4) is 0 Å². The SMILES string of the molecule is COc1cccc2c1[C@H]1O[C@@H]2[C@@H](OC)C1=O. The molecule has 0 radical (unpaired) electrons. The van der Waals surface area contributed by atoms with Crippen molar-refractivity contribution in [2.24, 2.45) is 0 Å². The van der Waals surface area contributed by atoms with Gasteiger partial charge in [-0.3, -0.25) is 4.79 Å². The average molecular weight is 220 g/mol. The van der Waals surface area contributed by atoms with E-state index < -0.39 is 12.2 Å². The molecule has 16 heavy (non-hydrogen) atoms. The second-order valence-electron chi connectivity index (χ2n) is 3.96. The molecule has 4 heteroatoms. The van der Waals surface area contributed by atoms with Crippen molar-refractivity contribution in [1.82, 2.24) is 0 Å². The maximum Gasteiger partial charge on any atom is 0.197 e. The lowest BCUT2D eigenvalue weighted by atomic mass is 9.88. The Labute approximate surface area is 93.1 Å². The van der Waals surface area contributed by atoms with Crippen molar-refractivity contribution in [3.05, 3.63) is 29.3 Å². The van der Waals surface area contributed by atoms with Crippen LogP contribution < -0.4 is 4.74 Å². The van der Waals surface area contributed by atoms with Crippen LogP contribution in [0.25, 0.3) is 0 Å². The Hall–Kier alpha value is -1.39. The van der Waals surface area contributed by atoms with Crippen LogP contribution in [0.15, 0.2) is 18.2 Å². The molecule has 1 aromatic carbocycles. The van der Waals surface area contributed by atoms with Crippen molar-refractivity contribution in [1.29, 1.82) is 0 Å². The first-order valence-corrected chi connectivity index (χ1v) is 5.16. The van der Waals surface area contributed by atoms with E-state index in [1.54, 1.807) is 7.11 Å². The second-order valence-corrected chi connectivity index (χ2v) is 3.96. The van der Waals surface area contributed by atoms with Gasteiger partial charge in [0.1, 0.15) is 24.1 Å². The fraction of sp³-hybridized carbons (Fsp3) is 0.417. The minimum absolute atomic E-state index is 0.00972. The molecular weight excluding hydrogens is 208 g/mol. The second kappa shape index (κ2) is 3.30. The van der Waals surface area contributed by atoms with Gasteiger partial charge in [0.05, 0.1) is 7.11 Å². The van der Waals surface area contributed by atoms with Gasteiger partial charge in [-0.1, -0.05) is 12.1 Å². The third kappa shape index (κ3) is 1.03. The molecule has 0 aromatic heterocycles. The van der Waals surface area contributed by atoms with Gasteiger partial charge in [0, 0.05) is 12.7 Å². The van der Waals surface area contributed by atoms with Crippen molar-refractivity contribution in [2.75, 3.05) is 14.2 Å². The monoisotopic (exact) mass is 220 g/mol. The number of hydrogen-bond acceptors (Lipinski definition) is 4. The van der Waals surface area contributed by atoms with E-state index in [9.17, 15) is 4.79 Å². The summed E-state index contributed by atoms with van der Waals surface area (Å²) in [5.41, 5.74) is 1.88. The fourth-order valence-electron chi connectivity index (χ4n) is 2.54. The van der Waals surface area contributed by atoms with E-state index in [4.69, 9.17) is 14.2 Å². The molecule has 0 spiro atoms. The Balaban J connectivity index is 2.15. The average Bonchev–Trinajstić information content (AvgIpc) is 2.84. The summed E-state index contributed by atoms with van der Waals surface area (Å²) >= 11 is 0. The van der Waals surface area contributed by atoms with Crippen LogP contribution in [0.5, 0.6) is 5.75 Å². The summed E-state index contributed by atoms with van der Waals surface area (Å²) in [6, 6.07) is 5.71. The van der Waals surface area contributed by atoms with Crippen molar-refractivity contribution in [3.8, 4) is 5.75 Å². The van der Waals surface area contributed by atoms with Crippen LogP contribution in [-0.2, 0) is 14.3 Å². The number of hydrogen-bond donors (Lipinski definition) is 0. The first kappa shape index (κ1) is 9.81. The van der Waals surface area contributed by atoms with Gasteiger partial charge in [0.2, 0.25) is 0 Å². The van der Waals surface area contributed by atoms with E-state index in [1.165, 1.54) is 7.11 Å². The molecule has 1 saturated heterocycles.